The predicted octanol–water partition coefficient (Wildman–Crippen LogP) is 2.92. The molecule has 0 unspecified atom stereocenters. The summed E-state index contributed by atoms with van der Waals surface area (Å²) in [5.74, 6) is 0.553. The Morgan fingerprint density at radius 3 is 2.83 bits per heavy atom. The Kier molecular flexibility index (Phi) is 5.02. The van der Waals surface area contributed by atoms with Crippen LogP contribution in [0, 0.1) is 11.3 Å². The summed E-state index contributed by atoms with van der Waals surface area (Å²) in [6.45, 7) is 5.70. The van der Waals surface area contributed by atoms with Crippen LogP contribution < -0.4 is 4.90 Å². The van der Waals surface area contributed by atoms with Crippen LogP contribution >= 0.6 is 24.0 Å². The lowest BCUT2D eigenvalue weighted by atomic mass is 10.1. The van der Waals surface area contributed by atoms with Gasteiger partial charge in [0.25, 0.3) is 5.91 Å². The van der Waals surface area contributed by atoms with E-state index in [9.17, 15) is 10.1 Å². The van der Waals surface area contributed by atoms with Gasteiger partial charge in [0.05, 0.1) is 4.91 Å². The van der Waals surface area contributed by atoms with Crippen molar-refractivity contribution in [2.24, 2.45) is 0 Å². The highest BCUT2D eigenvalue weighted by Gasteiger charge is 2.32. The number of nitriles is 1. The third kappa shape index (κ3) is 3.23. The Hall–Kier alpha value is -2.11. The van der Waals surface area contributed by atoms with Crippen LogP contribution in [0.15, 0.2) is 22.0 Å². The first kappa shape index (κ1) is 16.7. The van der Waals surface area contributed by atoms with Gasteiger partial charge in [-0.2, -0.15) is 10.2 Å². The second-order valence-corrected chi connectivity index (χ2v) is 7.12. The van der Waals surface area contributed by atoms with Crippen LogP contribution in [-0.4, -0.2) is 39.7 Å². The zero-order valence-corrected chi connectivity index (χ0v) is 14.7. The maximum Gasteiger partial charge on any atom is 0.266 e. The molecule has 0 radical (unpaired) electrons. The Balaban J connectivity index is 1.87. The molecular formula is C16H16N4O2S2. The summed E-state index contributed by atoms with van der Waals surface area (Å²) in [6, 6.07) is 2.07. The summed E-state index contributed by atoms with van der Waals surface area (Å²) in [5.41, 5.74) is 0.254. The fourth-order valence-corrected chi connectivity index (χ4v) is 3.91. The Morgan fingerprint density at radius 1 is 1.42 bits per heavy atom. The van der Waals surface area contributed by atoms with Crippen molar-refractivity contribution in [3.8, 4) is 6.07 Å². The molecule has 0 aromatic carbocycles. The van der Waals surface area contributed by atoms with E-state index in [1.165, 1.54) is 23.1 Å². The maximum atomic E-state index is 12.3. The molecule has 0 spiro atoms. The molecule has 8 heteroatoms. The number of nitrogens with zero attached hydrogens (tertiary/aromatic N) is 4. The molecule has 24 heavy (non-hydrogen) atoms. The van der Waals surface area contributed by atoms with Gasteiger partial charge in [-0.3, -0.25) is 9.69 Å². The van der Waals surface area contributed by atoms with Crippen LogP contribution in [0.4, 0.5) is 5.88 Å². The average Bonchev–Trinajstić information content (AvgIpc) is 3.12. The van der Waals surface area contributed by atoms with Crippen molar-refractivity contribution in [2.75, 3.05) is 24.5 Å². The van der Waals surface area contributed by atoms with Crippen molar-refractivity contribution < 1.29 is 9.21 Å². The lowest BCUT2D eigenvalue weighted by molar-refractivity contribution is -0.121. The van der Waals surface area contributed by atoms with Gasteiger partial charge in [-0.05, 0) is 19.3 Å². The number of rotatable bonds is 4. The van der Waals surface area contributed by atoms with Crippen LogP contribution in [0.1, 0.15) is 30.8 Å². The van der Waals surface area contributed by atoms with Gasteiger partial charge in [0, 0.05) is 25.7 Å². The summed E-state index contributed by atoms with van der Waals surface area (Å²) < 4.78 is 6.24. The summed E-state index contributed by atoms with van der Waals surface area (Å²) in [4.78, 5) is 20.5. The van der Waals surface area contributed by atoms with E-state index in [-0.39, 0.29) is 17.5 Å². The van der Waals surface area contributed by atoms with Crippen molar-refractivity contribution in [3.05, 3.63) is 29.1 Å². The topological polar surface area (TPSA) is 73.4 Å². The molecule has 0 N–H and O–H groups in total. The van der Waals surface area contributed by atoms with Crippen molar-refractivity contribution in [3.63, 3.8) is 0 Å². The van der Waals surface area contributed by atoms with Gasteiger partial charge in [-0.15, -0.1) is 6.58 Å². The van der Waals surface area contributed by atoms with Gasteiger partial charge < -0.3 is 9.32 Å². The Labute approximate surface area is 149 Å². The number of hydrogen-bond acceptors (Lipinski definition) is 7. The third-order valence-electron chi connectivity index (χ3n) is 3.81. The first-order valence-electron chi connectivity index (χ1n) is 7.66. The first-order valence-corrected chi connectivity index (χ1v) is 8.88. The zero-order chi connectivity index (χ0) is 17.1. The molecule has 3 rings (SSSR count). The van der Waals surface area contributed by atoms with Crippen LogP contribution in [0.3, 0.4) is 0 Å². The van der Waals surface area contributed by atoms with Gasteiger partial charge >= 0.3 is 0 Å². The molecule has 2 aliphatic rings. The largest absolute Gasteiger partial charge is 0.420 e. The number of piperidine rings is 1. The normalized spacial score (nSPS) is 19.9. The van der Waals surface area contributed by atoms with Gasteiger partial charge in [0.1, 0.15) is 10.4 Å². The Bertz CT molecular complexity index is 757. The molecule has 1 aromatic heterocycles. The number of oxazole rings is 1. The molecule has 1 aromatic rings. The van der Waals surface area contributed by atoms with Gasteiger partial charge in [-0.1, -0.05) is 30.1 Å². The minimum absolute atomic E-state index is 0.193. The molecule has 0 atom stereocenters. The number of carbonyl (C=O) groups excluding carboxylic acids is 1. The highest BCUT2D eigenvalue weighted by atomic mass is 32.2. The van der Waals surface area contributed by atoms with Crippen molar-refractivity contribution >= 4 is 46.2 Å². The number of amides is 1. The molecule has 2 saturated heterocycles. The number of carbonyl (C=O) groups is 1. The van der Waals surface area contributed by atoms with E-state index in [0.29, 0.717) is 21.7 Å². The average molecular weight is 360 g/mol. The highest BCUT2D eigenvalue weighted by Crippen LogP contribution is 2.33. The monoisotopic (exact) mass is 360 g/mol. The zero-order valence-electron chi connectivity index (χ0n) is 13.0. The van der Waals surface area contributed by atoms with Crippen LogP contribution in [0.5, 0.6) is 0 Å². The number of anilines is 1. The van der Waals surface area contributed by atoms with Crippen molar-refractivity contribution in [2.45, 2.75) is 19.3 Å². The summed E-state index contributed by atoms with van der Waals surface area (Å²) in [6.07, 6.45) is 6.51. The van der Waals surface area contributed by atoms with E-state index in [1.807, 2.05) is 4.90 Å². The van der Waals surface area contributed by atoms with Crippen molar-refractivity contribution in [1.29, 1.82) is 5.26 Å². The molecule has 3 heterocycles. The number of thioether (sulfide) groups is 1. The number of aromatic nitrogens is 1. The van der Waals surface area contributed by atoms with Crippen molar-refractivity contribution in [1.82, 2.24) is 9.88 Å². The lowest BCUT2D eigenvalue weighted by Crippen LogP contribution is -2.29. The fourth-order valence-electron chi connectivity index (χ4n) is 2.67. The molecule has 1 amide bonds. The molecular weight excluding hydrogens is 344 g/mol. The molecule has 124 valence electrons. The van der Waals surface area contributed by atoms with E-state index in [2.05, 4.69) is 17.6 Å². The summed E-state index contributed by atoms with van der Waals surface area (Å²) >= 11 is 6.40. The highest BCUT2D eigenvalue weighted by molar-refractivity contribution is 8.26. The summed E-state index contributed by atoms with van der Waals surface area (Å²) in [5, 5.41) is 9.30. The van der Waals surface area contributed by atoms with E-state index in [1.54, 1.807) is 12.2 Å². The Morgan fingerprint density at radius 2 is 2.17 bits per heavy atom. The van der Waals surface area contributed by atoms with E-state index >= 15 is 0 Å². The molecule has 2 fully saturated rings. The lowest BCUT2D eigenvalue weighted by Gasteiger charge is -2.25. The van der Waals surface area contributed by atoms with E-state index < -0.39 is 0 Å². The smallest absolute Gasteiger partial charge is 0.266 e. The van der Waals surface area contributed by atoms with E-state index in [0.717, 1.165) is 25.9 Å². The predicted molar refractivity (Wildman–Crippen MR) is 97.4 cm³/mol. The fraction of sp³-hybridized carbons (Fsp3) is 0.375. The number of hydrogen-bond donors (Lipinski definition) is 0. The summed E-state index contributed by atoms with van der Waals surface area (Å²) in [7, 11) is 0. The minimum atomic E-state index is -0.193. The quantitative estimate of drug-likeness (QED) is 0.464. The second kappa shape index (κ2) is 7.20. The first-order chi connectivity index (χ1) is 11.6. The molecule has 0 saturated carbocycles. The van der Waals surface area contributed by atoms with Crippen LogP contribution in [0.25, 0.3) is 6.08 Å². The SMILES string of the molecule is C=CCN1C(=O)/C(=C\c2nc(C#N)c(N3CCCCC3)o2)SC1=S. The number of thiocarbonyl (C=S) groups is 1. The maximum absolute atomic E-state index is 12.3. The third-order valence-corrected chi connectivity index (χ3v) is 5.19. The minimum Gasteiger partial charge on any atom is -0.420 e. The molecule has 6 nitrogen and oxygen atoms in total. The van der Waals surface area contributed by atoms with Gasteiger partial charge in [0.2, 0.25) is 17.5 Å². The molecule has 0 aliphatic carbocycles. The van der Waals surface area contributed by atoms with Crippen LogP contribution in [-0.2, 0) is 4.79 Å². The second-order valence-electron chi connectivity index (χ2n) is 5.45. The molecule has 2 aliphatic heterocycles. The standard InChI is InChI=1S/C16H16N4O2S2/c1-2-6-20-14(21)12(24-16(20)23)9-13-18-11(10-17)15(22-13)19-7-4-3-5-8-19/h2,9H,1,3-8H2/b12-9+. The van der Waals surface area contributed by atoms with Crippen LogP contribution in [0.2, 0.25) is 0 Å². The van der Waals surface area contributed by atoms with Gasteiger partial charge in [-0.25, -0.2) is 0 Å². The molecule has 0 bridgehead atoms. The van der Waals surface area contributed by atoms with E-state index in [4.69, 9.17) is 16.6 Å². The van der Waals surface area contributed by atoms with Gasteiger partial charge in [0.15, 0.2) is 0 Å².